The van der Waals surface area contributed by atoms with Crippen molar-refractivity contribution in [2.24, 2.45) is 0 Å². The van der Waals surface area contributed by atoms with Crippen LogP contribution in [0.4, 0.5) is 5.69 Å². The first-order valence-electron chi connectivity index (χ1n) is 3.78. The van der Waals surface area contributed by atoms with Crippen LogP contribution in [-0.4, -0.2) is 17.9 Å². The predicted octanol–water partition coefficient (Wildman–Crippen LogP) is 1.45. The molecule has 0 aromatic heterocycles. The standard InChI is InChI=1S/C8H7NO5S/c10-9(11)8-3-1-2-7(6-8)4-5-15(12,13)14/h1-6H,(H,12,13,14). The molecular formula is C8H7NO5S. The molecule has 0 heterocycles. The third-order valence-corrected chi connectivity index (χ3v) is 1.99. The van der Waals surface area contributed by atoms with Gasteiger partial charge < -0.3 is 0 Å². The van der Waals surface area contributed by atoms with Crippen LogP contribution in [0.25, 0.3) is 6.08 Å². The fraction of sp³-hybridized carbons (Fsp3) is 0. The topological polar surface area (TPSA) is 97.5 Å². The molecule has 15 heavy (non-hydrogen) atoms. The smallest absolute Gasteiger partial charge is 0.282 e. The Bertz CT molecular complexity index is 506. The molecule has 0 spiro atoms. The second-order valence-electron chi connectivity index (χ2n) is 2.67. The van der Waals surface area contributed by atoms with Crippen LogP contribution in [0.5, 0.6) is 0 Å². The van der Waals surface area contributed by atoms with Gasteiger partial charge in [-0.15, -0.1) is 0 Å². The number of hydrogen-bond donors (Lipinski definition) is 1. The highest BCUT2D eigenvalue weighted by Crippen LogP contribution is 2.14. The summed E-state index contributed by atoms with van der Waals surface area (Å²) in [5.41, 5.74) is 0.175. The maximum Gasteiger partial charge on any atom is 0.287 e. The molecule has 0 unspecified atom stereocenters. The Morgan fingerprint density at radius 3 is 2.60 bits per heavy atom. The first-order valence-corrected chi connectivity index (χ1v) is 5.29. The Kier molecular flexibility index (Phi) is 3.17. The molecule has 0 radical (unpaired) electrons. The molecular weight excluding hydrogens is 222 g/mol. The summed E-state index contributed by atoms with van der Waals surface area (Å²) < 4.78 is 29.1. The molecule has 1 aromatic rings. The van der Waals surface area contributed by atoms with Crippen LogP contribution in [0, 0.1) is 10.1 Å². The molecule has 1 rings (SSSR count). The normalized spacial score (nSPS) is 11.8. The van der Waals surface area contributed by atoms with Crippen molar-refractivity contribution in [2.75, 3.05) is 0 Å². The van der Waals surface area contributed by atoms with Gasteiger partial charge in [0.2, 0.25) is 0 Å². The molecule has 1 aromatic carbocycles. The maximum absolute atomic E-state index is 10.4. The van der Waals surface area contributed by atoms with Crippen LogP contribution in [0.2, 0.25) is 0 Å². The van der Waals surface area contributed by atoms with Gasteiger partial charge in [-0.2, -0.15) is 8.42 Å². The number of benzene rings is 1. The van der Waals surface area contributed by atoms with Crippen molar-refractivity contribution < 1.29 is 17.9 Å². The summed E-state index contributed by atoms with van der Waals surface area (Å²) >= 11 is 0. The van der Waals surface area contributed by atoms with Gasteiger partial charge in [-0.25, -0.2) is 0 Å². The number of hydrogen-bond acceptors (Lipinski definition) is 4. The summed E-state index contributed by atoms with van der Waals surface area (Å²) in [5, 5.41) is 10.9. The molecule has 0 saturated heterocycles. The predicted molar refractivity (Wildman–Crippen MR) is 53.7 cm³/mol. The highest BCUT2D eigenvalue weighted by Gasteiger charge is 2.04. The van der Waals surface area contributed by atoms with Crippen LogP contribution in [-0.2, 0) is 10.1 Å². The summed E-state index contributed by atoms with van der Waals surface area (Å²) in [5.74, 6) is 0. The lowest BCUT2D eigenvalue weighted by atomic mass is 10.2. The summed E-state index contributed by atoms with van der Waals surface area (Å²) in [6, 6.07) is 5.38. The minimum Gasteiger partial charge on any atom is -0.282 e. The lowest BCUT2D eigenvalue weighted by molar-refractivity contribution is -0.384. The molecule has 0 amide bonds. The van der Waals surface area contributed by atoms with Crippen molar-refractivity contribution in [3.8, 4) is 0 Å². The lowest BCUT2D eigenvalue weighted by Crippen LogP contribution is -1.90. The van der Waals surface area contributed by atoms with Gasteiger partial charge in [-0.1, -0.05) is 12.1 Å². The number of non-ortho nitro benzene ring substituents is 1. The van der Waals surface area contributed by atoms with Crippen LogP contribution in [0.15, 0.2) is 29.7 Å². The van der Waals surface area contributed by atoms with Gasteiger partial charge in [0, 0.05) is 12.1 Å². The number of rotatable bonds is 3. The monoisotopic (exact) mass is 229 g/mol. The molecule has 6 nitrogen and oxygen atoms in total. The van der Waals surface area contributed by atoms with Gasteiger partial charge in [0.25, 0.3) is 15.8 Å². The van der Waals surface area contributed by atoms with E-state index in [4.69, 9.17) is 4.55 Å². The first kappa shape index (κ1) is 11.3. The van der Waals surface area contributed by atoms with E-state index in [1.54, 1.807) is 0 Å². The second-order valence-corrected chi connectivity index (χ2v) is 3.97. The van der Waals surface area contributed by atoms with E-state index in [0.29, 0.717) is 11.0 Å². The Labute approximate surface area is 85.8 Å². The van der Waals surface area contributed by atoms with Crippen LogP contribution in [0.3, 0.4) is 0 Å². The quantitative estimate of drug-likeness (QED) is 0.480. The Balaban J connectivity index is 3.02. The van der Waals surface area contributed by atoms with E-state index in [2.05, 4.69) is 0 Å². The van der Waals surface area contributed by atoms with Crippen molar-refractivity contribution in [2.45, 2.75) is 0 Å². The highest BCUT2D eigenvalue weighted by atomic mass is 32.2. The highest BCUT2D eigenvalue weighted by molar-refractivity contribution is 7.88. The summed E-state index contributed by atoms with van der Waals surface area (Å²) in [7, 11) is -4.21. The molecule has 1 N–H and O–H groups in total. The third kappa shape index (κ3) is 3.88. The summed E-state index contributed by atoms with van der Waals surface area (Å²) in [4.78, 5) is 9.78. The van der Waals surface area contributed by atoms with Gasteiger partial charge in [-0.3, -0.25) is 14.7 Å². The molecule has 0 saturated carbocycles. The zero-order valence-electron chi connectivity index (χ0n) is 7.40. The van der Waals surface area contributed by atoms with Gasteiger partial charge in [0.15, 0.2) is 0 Å². The fourth-order valence-corrected chi connectivity index (χ4v) is 1.24. The largest absolute Gasteiger partial charge is 0.287 e. The number of nitro groups is 1. The molecule has 0 fully saturated rings. The van der Waals surface area contributed by atoms with E-state index >= 15 is 0 Å². The molecule has 0 aliphatic heterocycles. The van der Waals surface area contributed by atoms with E-state index in [9.17, 15) is 18.5 Å². The maximum atomic E-state index is 10.4. The SMILES string of the molecule is O=[N+]([O-])c1cccc(C=CS(=O)(=O)O)c1. The molecule has 7 heteroatoms. The van der Waals surface area contributed by atoms with Gasteiger partial charge in [0.05, 0.1) is 10.3 Å². The van der Waals surface area contributed by atoms with Crippen molar-refractivity contribution in [3.63, 3.8) is 0 Å². The van der Waals surface area contributed by atoms with Crippen molar-refractivity contribution in [1.82, 2.24) is 0 Å². The van der Waals surface area contributed by atoms with Crippen molar-refractivity contribution in [1.29, 1.82) is 0 Å². The summed E-state index contributed by atoms with van der Waals surface area (Å²) in [6.07, 6.45) is 1.07. The van der Waals surface area contributed by atoms with E-state index in [-0.39, 0.29) is 5.69 Å². The third-order valence-electron chi connectivity index (χ3n) is 1.51. The second kappa shape index (κ2) is 4.20. The van der Waals surface area contributed by atoms with Gasteiger partial charge >= 0.3 is 0 Å². The Morgan fingerprint density at radius 1 is 1.40 bits per heavy atom. The van der Waals surface area contributed by atoms with Crippen molar-refractivity contribution >= 4 is 21.9 Å². The summed E-state index contributed by atoms with van der Waals surface area (Å²) in [6.45, 7) is 0. The van der Waals surface area contributed by atoms with E-state index in [1.807, 2.05) is 0 Å². The van der Waals surface area contributed by atoms with Crippen LogP contribution < -0.4 is 0 Å². The van der Waals surface area contributed by atoms with Gasteiger partial charge in [0.1, 0.15) is 0 Å². The molecule has 0 aliphatic rings. The number of nitrogens with zero attached hydrogens (tertiary/aromatic N) is 1. The molecule has 0 aliphatic carbocycles. The Hall–Kier alpha value is -1.73. The number of nitro benzene ring substituents is 1. The fourth-order valence-electron chi connectivity index (χ4n) is 0.907. The minimum atomic E-state index is -4.21. The average Bonchev–Trinajstić information content (AvgIpc) is 2.14. The van der Waals surface area contributed by atoms with E-state index in [1.165, 1.54) is 24.3 Å². The first-order chi connectivity index (χ1) is 6.88. The molecule has 0 bridgehead atoms. The van der Waals surface area contributed by atoms with Crippen LogP contribution in [0.1, 0.15) is 5.56 Å². The van der Waals surface area contributed by atoms with E-state index in [0.717, 1.165) is 6.08 Å². The zero-order valence-corrected chi connectivity index (χ0v) is 8.22. The molecule has 80 valence electrons. The van der Waals surface area contributed by atoms with Crippen LogP contribution >= 0.6 is 0 Å². The van der Waals surface area contributed by atoms with E-state index < -0.39 is 15.0 Å². The average molecular weight is 229 g/mol. The molecule has 0 atom stereocenters. The minimum absolute atomic E-state index is 0.146. The lowest BCUT2D eigenvalue weighted by Gasteiger charge is -1.93. The van der Waals surface area contributed by atoms with Gasteiger partial charge in [-0.05, 0) is 11.6 Å². The van der Waals surface area contributed by atoms with Crippen molar-refractivity contribution in [3.05, 3.63) is 45.4 Å². The Morgan fingerprint density at radius 2 is 2.07 bits per heavy atom. The zero-order chi connectivity index (χ0) is 11.5.